The number of nitrogens with one attached hydrogen (secondary N) is 1. The van der Waals surface area contributed by atoms with Gasteiger partial charge in [0.05, 0.1) is 11.7 Å². The number of ether oxygens (including phenoxy) is 1. The van der Waals surface area contributed by atoms with Gasteiger partial charge in [0.1, 0.15) is 12.4 Å². The van der Waals surface area contributed by atoms with Crippen molar-refractivity contribution >= 4 is 5.91 Å². The molecule has 0 heterocycles. The molecule has 0 aliphatic heterocycles. The zero-order valence-electron chi connectivity index (χ0n) is 10.8. The van der Waals surface area contributed by atoms with Crippen molar-refractivity contribution in [2.45, 2.75) is 18.9 Å². The molecule has 1 fully saturated rings. The van der Waals surface area contributed by atoms with E-state index in [-0.39, 0.29) is 12.0 Å². The first-order chi connectivity index (χ1) is 9.20. The van der Waals surface area contributed by atoms with E-state index in [1.165, 1.54) is 0 Å². The molecular formula is C15H19NO3. The summed E-state index contributed by atoms with van der Waals surface area (Å²) in [4.78, 5) is 12.1. The fraction of sp³-hybridized carbons (Fsp3) is 0.400. The molecule has 1 aliphatic rings. The van der Waals surface area contributed by atoms with Gasteiger partial charge in [-0.1, -0.05) is 24.8 Å². The number of hydrogen-bond acceptors (Lipinski definition) is 3. The summed E-state index contributed by atoms with van der Waals surface area (Å²) in [6, 6.07) is 7.15. The van der Waals surface area contributed by atoms with Crippen LogP contribution in [0.15, 0.2) is 36.9 Å². The van der Waals surface area contributed by atoms with E-state index in [1.807, 2.05) is 12.1 Å². The summed E-state index contributed by atoms with van der Waals surface area (Å²) in [5, 5.41) is 12.1. The van der Waals surface area contributed by atoms with Gasteiger partial charge in [0, 0.05) is 6.54 Å². The maximum Gasteiger partial charge on any atom is 0.255 e. The molecule has 0 radical (unpaired) electrons. The SMILES string of the molecule is C=CCOc1ccccc1C(=O)NCC1CC(O)C1. The summed E-state index contributed by atoms with van der Waals surface area (Å²) in [5.74, 6) is 0.815. The van der Waals surface area contributed by atoms with Crippen molar-refractivity contribution in [3.05, 3.63) is 42.5 Å². The number of aliphatic hydroxyl groups is 1. The normalized spacial score (nSPS) is 21.3. The van der Waals surface area contributed by atoms with Crippen LogP contribution < -0.4 is 10.1 Å². The largest absolute Gasteiger partial charge is 0.489 e. The molecule has 0 saturated heterocycles. The van der Waals surface area contributed by atoms with Crippen LogP contribution in [0, 0.1) is 5.92 Å². The third-order valence-corrected chi connectivity index (χ3v) is 3.25. The summed E-state index contributed by atoms with van der Waals surface area (Å²) in [5.41, 5.74) is 0.532. The first kappa shape index (κ1) is 13.6. The van der Waals surface area contributed by atoms with Gasteiger partial charge in [0.15, 0.2) is 0 Å². The van der Waals surface area contributed by atoms with Gasteiger partial charge in [-0.25, -0.2) is 0 Å². The van der Waals surface area contributed by atoms with Gasteiger partial charge in [0.25, 0.3) is 5.91 Å². The Hall–Kier alpha value is -1.81. The van der Waals surface area contributed by atoms with E-state index >= 15 is 0 Å². The maximum absolute atomic E-state index is 12.1. The van der Waals surface area contributed by atoms with Crippen LogP contribution in [0.2, 0.25) is 0 Å². The van der Waals surface area contributed by atoms with Crippen LogP contribution in [0.1, 0.15) is 23.2 Å². The van der Waals surface area contributed by atoms with Gasteiger partial charge in [-0.2, -0.15) is 0 Å². The smallest absolute Gasteiger partial charge is 0.255 e. The second kappa shape index (κ2) is 6.38. The van der Waals surface area contributed by atoms with E-state index in [9.17, 15) is 9.90 Å². The maximum atomic E-state index is 12.1. The van der Waals surface area contributed by atoms with Crippen molar-refractivity contribution < 1.29 is 14.6 Å². The summed E-state index contributed by atoms with van der Waals surface area (Å²) < 4.78 is 5.45. The monoisotopic (exact) mass is 261 g/mol. The predicted molar refractivity (Wildman–Crippen MR) is 73.2 cm³/mol. The Morgan fingerprint density at radius 3 is 2.89 bits per heavy atom. The van der Waals surface area contributed by atoms with Crippen LogP contribution in [0.25, 0.3) is 0 Å². The minimum atomic E-state index is -0.190. The number of carbonyl (C=O) groups excluding carboxylic acids is 1. The highest BCUT2D eigenvalue weighted by Crippen LogP contribution is 2.26. The Bertz CT molecular complexity index is 452. The quantitative estimate of drug-likeness (QED) is 0.767. The van der Waals surface area contributed by atoms with E-state index in [0.717, 1.165) is 12.8 Å². The van der Waals surface area contributed by atoms with Crippen LogP contribution in [-0.4, -0.2) is 30.3 Å². The van der Waals surface area contributed by atoms with Crippen molar-refractivity contribution in [2.75, 3.05) is 13.2 Å². The highest BCUT2D eigenvalue weighted by atomic mass is 16.5. The average Bonchev–Trinajstić information content (AvgIpc) is 2.40. The summed E-state index contributed by atoms with van der Waals surface area (Å²) >= 11 is 0. The fourth-order valence-corrected chi connectivity index (χ4v) is 2.13. The van der Waals surface area contributed by atoms with Crippen LogP contribution in [0.4, 0.5) is 0 Å². The van der Waals surface area contributed by atoms with Crippen LogP contribution in [0.3, 0.4) is 0 Å². The molecule has 0 atom stereocenters. The summed E-state index contributed by atoms with van der Waals surface area (Å²) in [6.07, 6.45) is 3.00. The molecule has 1 aliphatic carbocycles. The molecule has 0 unspecified atom stereocenters. The first-order valence-corrected chi connectivity index (χ1v) is 6.49. The lowest BCUT2D eigenvalue weighted by atomic mass is 9.82. The first-order valence-electron chi connectivity index (χ1n) is 6.49. The molecule has 0 spiro atoms. The Balaban J connectivity index is 1.92. The number of rotatable bonds is 6. The second-order valence-corrected chi connectivity index (χ2v) is 4.80. The standard InChI is InChI=1S/C15H19NO3/c1-2-7-19-14-6-4-3-5-13(14)15(18)16-10-11-8-12(17)9-11/h2-6,11-12,17H,1,7-10H2,(H,16,18). The molecule has 0 bridgehead atoms. The highest BCUT2D eigenvalue weighted by molar-refractivity contribution is 5.96. The van der Waals surface area contributed by atoms with Crippen LogP contribution in [0.5, 0.6) is 5.75 Å². The van der Waals surface area contributed by atoms with Crippen molar-refractivity contribution in [2.24, 2.45) is 5.92 Å². The molecule has 2 rings (SSSR count). The Labute approximate surface area is 113 Å². The zero-order chi connectivity index (χ0) is 13.7. The third kappa shape index (κ3) is 3.58. The molecular weight excluding hydrogens is 242 g/mol. The fourth-order valence-electron chi connectivity index (χ4n) is 2.13. The van der Waals surface area contributed by atoms with E-state index in [1.54, 1.807) is 18.2 Å². The molecule has 0 aromatic heterocycles. The van der Waals surface area contributed by atoms with Gasteiger partial charge in [-0.05, 0) is 30.9 Å². The zero-order valence-corrected chi connectivity index (χ0v) is 10.8. The molecule has 1 amide bonds. The number of para-hydroxylation sites is 1. The molecule has 4 nitrogen and oxygen atoms in total. The van der Waals surface area contributed by atoms with Crippen molar-refractivity contribution in [1.29, 1.82) is 0 Å². The van der Waals surface area contributed by atoms with Crippen molar-refractivity contribution in [3.63, 3.8) is 0 Å². The van der Waals surface area contributed by atoms with Crippen molar-refractivity contribution in [1.82, 2.24) is 5.32 Å². The number of carbonyl (C=O) groups is 1. The van der Waals surface area contributed by atoms with E-state index in [4.69, 9.17) is 4.74 Å². The van der Waals surface area contributed by atoms with Crippen LogP contribution in [-0.2, 0) is 0 Å². The van der Waals surface area contributed by atoms with E-state index in [0.29, 0.717) is 30.4 Å². The molecule has 102 valence electrons. The van der Waals surface area contributed by atoms with Gasteiger partial charge in [-0.15, -0.1) is 0 Å². The Morgan fingerprint density at radius 1 is 1.47 bits per heavy atom. The molecule has 4 heteroatoms. The van der Waals surface area contributed by atoms with Gasteiger partial charge in [-0.3, -0.25) is 4.79 Å². The molecule has 2 N–H and O–H groups in total. The Kier molecular flexibility index (Phi) is 4.58. The molecule has 1 aromatic rings. The van der Waals surface area contributed by atoms with Crippen molar-refractivity contribution in [3.8, 4) is 5.75 Å². The van der Waals surface area contributed by atoms with Gasteiger partial charge >= 0.3 is 0 Å². The number of hydrogen-bond donors (Lipinski definition) is 2. The second-order valence-electron chi connectivity index (χ2n) is 4.80. The topological polar surface area (TPSA) is 58.6 Å². The Morgan fingerprint density at radius 2 is 2.21 bits per heavy atom. The summed E-state index contributed by atoms with van der Waals surface area (Å²) in [6.45, 7) is 4.56. The van der Waals surface area contributed by atoms with E-state index < -0.39 is 0 Å². The predicted octanol–water partition coefficient (Wildman–Crippen LogP) is 1.75. The van der Waals surface area contributed by atoms with Gasteiger partial charge < -0.3 is 15.2 Å². The lowest BCUT2D eigenvalue weighted by Crippen LogP contribution is -2.38. The van der Waals surface area contributed by atoms with Crippen LogP contribution >= 0.6 is 0 Å². The minimum Gasteiger partial charge on any atom is -0.489 e. The average molecular weight is 261 g/mol. The lowest BCUT2D eigenvalue weighted by Gasteiger charge is -2.31. The van der Waals surface area contributed by atoms with Gasteiger partial charge in [0.2, 0.25) is 0 Å². The molecule has 1 saturated carbocycles. The summed E-state index contributed by atoms with van der Waals surface area (Å²) in [7, 11) is 0. The minimum absolute atomic E-state index is 0.138. The molecule has 1 aromatic carbocycles. The third-order valence-electron chi connectivity index (χ3n) is 3.25. The highest BCUT2D eigenvalue weighted by Gasteiger charge is 2.27. The number of benzene rings is 1. The molecule has 19 heavy (non-hydrogen) atoms. The number of amides is 1. The number of aliphatic hydroxyl groups excluding tert-OH is 1. The lowest BCUT2D eigenvalue weighted by molar-refractivity contribution is 0.0420. The van der Waals surface area contributed by atoms with E-state index in [2.05, 4.69) is 11.9 Å².